The third-order valence-electron chi connectivity index (χ3n) is 2.15. The van der Waals surface area contributed by atoms with E-state index in [-0.39, 0.29) is 0 Å². The summed E-state index contributed by atoms with van der Waals surface area (Å²) >= 11 is 3.44. The Morgan fingerprint density at radius 1 is 1.47 bits per heavy atom. The zero-order chi connectivity index (χ0) is 12.3. The predicted octanol–water partition coefficient (Wildman–Crippen LogP) is 1.82. The quantitative estimate of drug-likeness (QED) is 0.900. The Morgan fingerprint density at radius 2 is 2.29 bits per heavy atom. The number of methoxy groups -OCH3 is 1. The monoisotopic (exact) mass is 297 g/mol. The molecule has 2 heterocycles. The molecule has 0 bridgehead atoms. The van der Waals surface area contributed by atoms with Crippen molar-refractivity contribution in [3.63, 3.8) is 0 Å². The molecule has 0 aromatic carbocycles. The van der Waals surface area contributed by atoms with Crippen LogP contribution in [0, 0.1) is 0 Å². The molecular formula is C10H12BrN5O. The number of imidazole rings is 1. The Kier molecular flexibility index (Phi) is 3.70. The fourth-order valence-corrected chi connectivity index (χ4v) is 1.88. The van der Waals surface area contributed by atoms with E-state index in [0.29, 0.717) is 24.1 Å². The van der Waals surface area contributed by atoms with Crippen LogP contribution < -0.4 is 5.32 Å². The van der Waals surface area contributed by atoms with Crippen molar-refractivity contribution in [2.75, 3.05) is 19.5 Å². The highest BCUT2D eigenvalue weighted by molar-refractivity contribution is 9.10. The maximum Gasteiger partial charge on any atom is 0.198 e. The van der Waals surface area contributed by atoms with Gasteiger partial charge in [0.2, 0.25) is 0 Å². The van der Waals surface area contributed by atoms with Crippen LogP contribution in [0.2, 0.25) is 0 Å². The largest absolute Gasteiger partial charge is 0.378 e. The van der Waals surface area contributed by atoms with Crippen LogP contribution in [0.15, 0.2) is 16.9 Å². The summed E-state index contributed by atoms with van der Waals surface area (Å²) in [5.41, 5.74) is 0.776. The van der Waals surface area contributed by atoms with Gasteiger partial charge in [0, 0.05) is 26.6 Å². The lowest BCUT2D eigenvalue weighted by atomic mass is 10.4. The smallest absolute Gasteiger partial charge is 0.198 e. The van der Waals surface area contributed by atoms with E-state index in [9.17, 15) is 0 Å². The molecule has 0 amide bonds. The van der Waals surface area contributed by atoms with Crippen LogP contribution in [-0.2, 0) is 11.3 Å². The predicted molar refractivity (Wildman–Crippen MR) is 67.6 cm³/mol. The second kappa shape index (κ2) is 5.24. The number of rotatable bonds is 4. The normalized spacial score (nSPS) is 10.5. The van der Waals surface area contributed by atoms with Crippen molar-refractivity contribution in [1.82, 2.24) is 19.9 Å². The van der Waals surface area contributed by atoms with Gasteiger partial charge in [-0.05, 0) is 15.9 Å². The first-order valence-corrected chi connectivity index (χ1v) is 5.78. The van der Waals surface area contributed by atoms with Crippen molar-refractivity contribution < 1.29 is 4.74 Å². The third kappa shape index (κ3) is 2.45. The van der Waals surface area contributed by atoms with Gasteiger partial charge in [0.05, 0.1) is 16.8 Å². The molecular weight excluding hydrogens is 286 g/mol. The van der Waals surface area contributed by atoms with Crippen molar-refractivity contribution >= 4 is 21.7 Å². The summed E-state index contributed by atoms with van der Waals surface area (Å²) in [6.45, 7) is 0.408. The van der Waals surface area contributed by atoms with Crippen molar-refractivity contribution in [2.24, 2.45) is 0 Å². The van der Waals surface area contributed by atoms with Gasteiger partial charge in [-0.1, -0.05) is 0 Å². The third-order valence-corrected chi connectivity index (χ3v) is 2.98. The molecule has 0 aliphatic rings. The van der Waals surface area contributed by atoms with Gasteiger partial charge >= 0.3 is 0 Å². The van der Waals surface area contributed by atoms with Gasteiger partial charge in [-0.25, -0.2) is 15.0 Å². The number of nitrogens with zero attached hydrogens (tertiary/aromatic N) is 3. The van der Waals surface area contributed by atoms with E-state index < -0.39 is 0 Å². The molecule has 0 spiro atoms. The summed E-state index contributed by atoms with van der Waals surface area (Å²) in [6.07, 6.45) is 3.39. The topological polar surface area (TPSA) is 75.7 Å². The number of hydrogen-bond acceptors (Lipinski definition) is 5. The number of nitrogens with one attached hydrogen (secondary N) is 2. The van der Waals surface area contributed by atoms with Crippen LogP contribution in [0.3, 0.4) is 0 Å². The summed E-state index contributed by atoms with van der Waals surface area (Å²) in [7, 11) is 3.43. The number of aromatic nitrogens is 4. The average molecular weight is 298 g/mol. The summed E-state index contributed by atoms with van der Waals surface area (Å²) in [5.74, 6) is 1.87. The minimum absolute atomic E-state index is 0.408. The summed E-state index contributed by atoms with van der Waals surface area (Å²) in [4.78, 5) is 15.9. The Labute approximate surface area is 107 Å². The number of aromatic amines is 1. The van der Waals surface area contributed by atoms with E-state index in [1.165, 1.54) is 0 Å². The second-order valence-electron chi connectivity index (χ2n) is 3.28. The van der Waals surface area contributed by atoms with E-state index in [1.807, 2.05) is 0 Å². The zero-order valence-corrected chi connectivity index (χ0v) is 11.1. The molecule has 7 heteroatoms. The van der Waals surface area contributed by atoms with Gasteiger partial charge in [0.25, 0.3) is 0 Å². The number of halogens is 1. The highest BCUT2D eigenvalue weighted by Gasteiger charge is 2.13. The molecule has 0 saturated carbocycles. The first-order chi connectivity index (χ1) is 8.26. The fraction of sp³-hybridized carbons (Fsp3) is 0.300. The highest BCUT2D eigenvalue weighted by Crippen LogP contribution is 2.26. The van der Waals surface area contributed by atoms with Crippen LogP contribution in [0.1, 0.15) is 5.69 Å². The molecule has 2 N–H and O–H groups in total. The van der Waals surface area contributed by atoms with Gasteiger partial charge in [-0.2, -0.15) is 0 Å². The molecule has 0 radical (unpaired) electrons. The number of H-pyrrole nitrogens is 1. The van der Waals surface area contributed by atoms with E-state index in [1.54, 1.807) is 26.6 Å². The van der Waals surface area contributed by atoms with Crippen molar-refractivity contribution in [1.29, 1.82) is 0 Å². The van der Waals surface area contributed by atoms with Crippen molar-refractivity contribution in [2.45, 2.75) is 6.61 Å². The Hall–Kier alpha value is -1.47. The number of ether oxygens (including phenoxy) is 1. The van der Waals surface area contributed by atoms with E-state index in [0.717, 1.165) is 10.2 Å². The maximum absolute atomic E-state index is 5.10. The lowest BCUT2D eigenvalue weighted by Crippen LogP contribution is -2.04. The van der Waals surface area contributed by atoms with Crippen LogP contribution in [-0.4, -0.2) is 34.1 Å². The molecule has 2 aromatic rings. The lowest BCUT2D eigenvalue weighted by Gasteiger charge is -2.09. The molecule has 0 aliphatic heterocycles. The van der Waals surface area contributed by atoms with Gasteiger partial charge in [0.15, 0.2) is 11.6 Å². The van der Waals surface area contributed by atoms with Crippen LogP contribution in [0.4, 0.5) is 5.82 Å². The Balaban J connectivity index is 2.50. The summed E-state index contributed by atoms with van der Waals surface area (Å²) < 4.78 is 5.90. The molecule has 0 saturated heterocycles. The first-order valence-electron chi connectivity index (χ1n) is 4.99. The molecule has 0 atom stereocenters. The Morgan fingerprint density at radius 3 is 2.88 bits per heavy atom. The average Bonchev–Trinajstić information content (AvgIpc) is 2.85. The second-order valence-corrected chi connectivity index (χ2v) is 4.07. The van der Waals surface area contributed by atoms with Gasteiger partial charge < -0.3 is 15.0 Å². The summed E-state index contributed by atoms with van der Waals surface area (Å²) in [5, 5.41) is 3.00. The first kappa shape index (κ1) is 12.0. The SMILES string of the molecule is CNc1nc(-c2ncc[nH]2)nc(COC)c1Br. The molecule has 0 unspecified atom stereocenters. The minimum Gasteiger partial charge on any atom is -0.378 e. The number of anilines is 1. The molecule has 2 aromatic heterocycles. The van der Waals surface area contributed by atoms with Crippen molar-refractivity contribution in [3.05, 3.63) is 22.6 Å². The lowest BCUT2D eigenvalue weighted by molar-refractivity contribution is 0.181. The number of hydrogen-bond donors (Lipinski definition) is 2. The minimum atomic E-state index is 0.408. The highest BCUT2D eigenvalue weighted by atomic mass is 79.9. The molecule has 2 rings (SSSR count). The molecule has 0 fully saturated rings. The fourth-order valence-electron chi connectivity index (χ4n) is 1.39. The van der Waals surface area contributed by atoms with Crippen molar-refractivity contribution in [3.8, 4) is 11.6 Å². The summed E-state index contributed by atoms with van der Waals surface area (Å²) in [6, 6.07) is 0. The van der Waals surface area contributed by atoms with Gasteiger partial charge in [-0.15, -0.1) is 0 Å². The zero-order valence-electron chi connectivity index (χ0n) is 9.49. The van der Waals surface area contributed by atoms with Crippen LogP contribution >= 0.6 is 15.9 Å². The molecule has 90 valence electrons. The molecule has 6 nitrogen and oxygen atoms in total. The van der Waals surface area contributed by atoms with E-state index >= 15 is 0 Å². The standard InChI is InChI=1S/C10H12BrN5O/c1-12-8-7(11)6(5-17-2)15-10(16-8)9-13-3-4-14-9/h3-4H,5H2,1-2H3,(H,13,14)(H,12,15,16). The van der Waals surface area contributed by atoms with E-state index in [2.05, 4.69) is 41.2 Å². The van der Waals surface area contributed by atoms with Crippen LogP contribution in [0.25, 0.3) is 11.6 Å². The Bertz CT molecular complexity index is 500. The van der Waals surface area contributed by atoms with E-state index in [4.69, 9.17) is 4.74 Å². The van der Waals surface area contributed by atoms with Gasteiger partial charge in [-0.3, -0.25) is 0 Å². The maximum atomic E-state index is 5.10. The molecule has 0 aliphatic carbocycles. The van der Waals surface area contributed by atoms with Crippen LogP contribution in [0.5, 0.6) is 0 Å². The molecule has 17 heavy (non-hydrogen) atoms. The van der Waals surface area contributed by atoms with Gasteiger partial charge in [0.1, 0.15) is 5.82 Å².